The average molecular weight is 266 g/mol. The van der Waals surface area contributed by atoms with Gasteiger partial charge in [0, 0.05) is 0 Å². The third-order valence-electron chi connectivity index (χ3n) is 4.28. The molecule has 1 aliphatic carbocycles. The van der Waals surface area contributed by atoms with Crippen molar-refractivity contribution in [2.24, 2.45) is 0 Å². The zero-order valence-electron chi connectivity index (χ0n) is 13.0. The second kappa shape index (κ2) is 11.5. The van der Waals surface area contributed by atoms with Crippen LogP contribution in [0.2, 0.25) is 0 Å². The summed E-state index contributed by atoms with van der Waals surface area (Å²) in [4.78, 5) is 0. The number of hydrogen-bond donors (Lipinski definition) is 1. The second-order valence-electron chi connectivity index (χ2n) is 6.22. The highest BCUT2D eigenvalue weighted by Crippen LogP contribution is 2.23. The van der Waals surface area contributed by atoms with Crippen LogP contribution in [0.1, 0.15) is 96.8 Å². The first-order valence-corrected chi connectivity index (χ1v) is 8.70. The average Bonchev–Trinajstić information content (AvgIpc) is 2.41. The van der Waals surface area contributed by atoms with Gasteiger partial charge in [0.1, 0.15) is 0 Å². The fourth-order valence-corrected chi connectivity index (χ4v) is 3.02. The second-order valence-corrected chi connectivity index (χ2v) is 6.22. The van der Waals surface area contributed by atoms with E-state index in [2.05, 4.69) is 13.0 Å². The van der Waals surface area contributed by atoms with Crippen LogP contribution in [0, 0.1) is 0 Å². The van der Waals surface area contributed by atoms with E-state index in [4.69, 9.17) is 0 Å². The summed E-state index contributed by atoms with van der Waals surface area (Å²) < 4.78 is 0. The SMILES string of the molecule is CCCCCCCCCCCCC1=CC(O)CCC1. The topological polar surface area (TPSA) is 20.2 Å². The van der Waals surface area contributed by atoms with Crippen LogP contribution in [0.5, 0.6) is 0 Å². The van der Waals surface area contributed by atoms with Gasteiger partial charge in [-0.3, -0.25) is 0 Å². The molecule has 1 rings (SSSR count). The number of unbranched alkanes of at least 4 members (excludes halogenated alkanes) is 9. The van der Waals surface area contributed by atoms with Crippen molar-refractivity contribution in [3.63, 3.8) is 0 Å². The van der Waals surface area contributed by atoms with Gasteiger partial charge in [-0.2, -0.15) is 0 Å². The van der Waals surface area contributed by atoms with E-state index in [1.54, 1.807) is 0 Å². The lowest BCUT2D eigenvalue weighted by Crippen LogP contribution is -2.08. The predicted octanol–water partition coefficient (Wildman–Crippen LogP) is 5.77. The Bertz CT molecular complexity index is 232. The first kappa shape index (κ1) is 16.8. The van der Waals surface area contributed by atoms with E-state index in [0.29, 0.717) is 0 Å². The number of hydrogen-bond acceptors (Lipinski definition) is 1. The molecule has 112 valence electrons. The van der Waals surface area contributed by atoms with Gasteiger partial charge in [-0.05, 0) is 32.1 Å². The van der Waals surface area contributed by atoms with Crippen molar-refractivity contribution in [1.29, 1.82) is 0 Å². The van der Waals surface area contributed by atoms with E-state index in [0.717, 1.165) is 6.42 Å². The van der Waals surface area contributed by atoms with Crippen molar-refractivity contribution in [3.05, 3.63) is 11.6 Å². The third kappa shape index (κ3) is 9.27. The van der Waals surface area contributed by atoms with E-state index in [1.807, 2.05) is 0 Å². The summed E-state index contributed by atoms with van der Waals surface area (Å²) in [5.41, 5.74) is 1.51. The van der Waals surface area contributed by atoms with Crippen LogP contribution in [0.15, 0.2) is 11.6 Å². The lowest BCUT2D eigenvalue weighted by molar-refractivity contribution is 0.201. The molecule has 1 heteroatoms. The summed E-state index contributed by atoms with van der Waals surface area (Å²) in [6, 6.07) is 0. The van der Waals surface area contributed by atoms with Crippen molar-refractivity contribution in [3.8, 4) is 0 Å². The zero-order chi connectivity index (χ0) is 13.8. The van der Waals surface area contributed by atoms with Crippen molar-refractivity contribution < 1.29 is 5.11 Å². The van der Waals surface area contributed by atoms with Crippen LogP contribution in [0.25, 0.3) is 0 Å². The Morgan fingerprint density at radius 1 is 0.947 bits per heavy atom. The molecule has 0 aliphatic heterocycles. The molecule has 0 bridgehead atoms. The molecule has 0 fully saturated rings. The normalized spacial score (nSPS) is 19.5. The fraction of sp³-hybridized carbons (Fsp3) is 0.889. The van der Waals surface area contributed by atoms with Gasteiger partial charge >= 0.3 is 0 Å². The Hall–Kier alpha value is -0.300. The Kier molecular flexibility index (Phi) is 10.2. The zero-order valence-corrected chi connectivity index (χ0v) is 13.0. The minimum absolute atomic E-state index is 0.146. The Labute approximate surface area is 120 Å². The van der Waals surface area contributed by atoms with Gasteiger partial charge in [-0.25, -0.2) is 0 Å². The summed E-state index contributed by atoms with van der Waals surface area (Å²) in [6.45, 7) is 2.28. The molecule has 0 saturated carbocycles. The van der Waals surface area contributed by atoms with E-state index in [1.165, 1.54) is 89.0 Å². The molecule has 0 aromatic carbocycles. The van der Waals surface area contributed by atoms with Crippen LogP contribution in [-0.4, -0.2) is 11.2 Å². The van der Waals surface area contributed by atoms with Gasteiger partial charge in [-0.1, -0.05) is 76.4 Å². The van der Waals surface area contributed by atoms with Crippen molar-refractivity contribution in [1.82, 2.24) is 0 Å². The van der Waals surface area contributed by atoms with Crippen molar-refractivity contribution in [2.45, 2.75) is 103 Å². The van der Waals surface area contributed by atoms with Crippen molar-refractivity contribution >= 4 is 0 Å². The molecule has 0 heterocycles. The third-order valence-corrected chi connectivity index (χ3v) is 4.28. The summed E-state index contributed by atoms with van der Waals surface area (Å²) >= 11 is 0. The lowest BCUT2D eigenvalue weighted by atomic mass is 9.93. The first-order chi connectivity index (χ1) is 9.33. The van der Waals surface area contributed by atoms with Crippen molar-refractivity contribution in [2.75, 3.05) is 0 Å². The molecule has 0 radical (unpaired) electrons. The molecule has 1 aliphatic rings. The molecule has 1 nitrogen and oxygen atoms in total. The van der Waals surface area contributed by atoms with E-state index < -0.39 is 0 Å². The smallest absolute Gasteiger partial charge is 0.0723 e. The number of aliphatic hydroxyl groups excluding tert-OH is 1. The van der Waals surface area contributed by atoms with E-state index in [-0.39, 0.29) is 6.10 Å². The molecule has 0 aromatic rings. The van der Waals surface area contributed by atoms with Crippen LogP contribution < -0.4 is 0 Å². The quantitative estimate of drug-likeness (QED) is 0.372. The lowest BCUT2D eigenvalue weighted by Gasteiger charge is -2.16. The minimum Gasteiger partial charge on any atom is -0.389 e. The molecule has 0 spiro atoms. The maximum Gasteiger partial charge on any atom is 0.0723 e. The molecule has 1 atom stereocenters. The minimum atomic E-state index is -0.146. The Morgan fingerprint density at radius 3 is 2.11 bits per heavy atom. The fourth-order valence-electron chi connectivity index (χ4n) is 3.02. The molecule has 1 unspecified atom stereocenters. The van der Waals surface area contributed by atoms with Crippen LogP contribution in [-0.2, 0) is 0 Å². The van der Waals surface area contributed by atoms with Crippen LogP contribution >= 0.6 is 0 Å². The summed E-state index contributed by atoms with van der Waals surface area (Å²) in [5, 5.41) is 9.56. The maximum absolute atomic E-state index is 9.56. The highest BCUT2D eigenvalue weighted by molar-refractivity contribution is 5.08. The molecule has 1 N–H and O–H groups in total. The molecule has 19 heavy (non-hydrogen) atoms. The van der Waals surface area contributed by atoms with Gasteiger partial charge in [0.15, 0.2) is 0 Å². The molecule has 0 amide bonds. The highest BCUT2D eigenvalue weighted by Gasteiger charge is 2.09. The van der Waals surface area contributed by atoms with Crippen LogP contribution in [0.3, 0.4) is 0 Å². The van der Waals surface area contributed by atoms with Gasteiger partial charge in [0.05, 0.1) is 6.10 Å². The standard InChI is InChI=1S/C18H34O/c1-2-3-4-5-6-7-8-9-10-11-13-17-14-12-15-18(19)16-17/h16,18-19H,2-15H2,1H3. The van der Waals surface area contributed by atoms with E-state index in [9.17, 15) is 5.11 Å². The number of allylic oxidation sites excluding steroid dienone is 1. The van der Waals surface area contributed by atoms with Gasteiger partial charge in [0.25, 0.3) is 0 Å². The van der Waals surface area contributed by atoms with Crippen LogP contribution in [0.4, 0.5) is 0 Å². The summed E-state index contributed by atoms with van der Waals surface area (Å²) in [5.74, 6) is 0. The Balaban J connectivity index is 1.83. The van der Waals surface area contributed by atoms with Gasteiger partial charge in [0.2, 0.25) is 0 Å². The predicted molar refractivity (Wildman–Crippen MR) is 84.4 cm³/mol. The van der Waals surface area contributed by atoms with Gasteiger partial charge < -0.3 is 5.11 Å². The molecule has 0 aromatic heterocycles. The van der Waals surface area contributed by atoms with E-state index >= 15 is 0 Å². The highest BCUT2D eigenvalue weighted by atomic mass is 16.3. The largest absolute Gasteiger partial charge is 0.389 e. The molecular formula is C18H34O. The number of aliphatic hydroxyl groups is 1. The monoisotopic (exact) mass is 266 g/mol. The molecular weight excluding hydrogens is 232 g/mol. The van der Waals surface area contributed by atoms with Gasteiger partial charge in [-0.15, -0.1) is 0 Å². The summed E-state index contributed by atoms with van der Waals surface area (Å²) in [6.07, 6.45) is 20.6. The number of rotatable bonds is 11. The maximum atomic E-state index is 9.56. The Morgan fingerprint density at radius 2 is 1.53 bits per heavy atom. The summed E-state index contributed by atoms with van der Waals surface area (Å²) in [7, 11) is 0. The first-order valence-electron chi connectivity index (χ1n) is 8.70. The molecule has 0 saturated heterocycles.